The minimum Gasteiger partial charge on any atom is -0.373 e. The lowest BCUT2D eigenvalue weighted by Gasteiger charge is -2.13. The number of rotatable bonds is 4. The summed E-state index contributed by atoms with van der Waals surface area (Å²) in [5.41, 5.74) is 4.78. The molecule has 0 spiro atoms. The summed E-state index contributed by atoms with van der Waals surface area (Å²) in [5.74, 6) is 0.0668. The first-order valence-corrected chi connectivity index (χ1v) is 7.47. The minimum atomic E-state index is -0.156. The van der Waals surface area contributed by atoms with Gasteiger partial charge in [0.05, 0.1) is 0 Å². The number of hydrogen-bond donors (Lipinski definition) is 2. The Morgan fingerprint density at radius 3 is 2.62 bits per heavy atom. The Balaban J connectivity index is 1.61. The van der Waals surface area contributed by atoms with E-state index in [1.54, 1.807) is 0 Å². The molecule has 3 heteroatoms. The second-order valence-electron chi connectivity index (χ2n) is 5.40. The Kier molecular flexibility index (Phi) is 3.91. The van der Waals surface area contributed by atoms with Crippen LogP contribution in [0.15, 0.2) is 48.5 Å². The van der Waals surface area contributed by atoms with Crippen molar-refractivity contribution in [2.45, 2.75) is 32.4 Å². The number of hydrogen-bond acceptors (Lipinski definition) is 2. The predicted octanol–water partition coefficient (Wildman–Crippen LogP) is 2.90. The zero-order chi connectivity index (χ0) is 14.7. The van der Waals surface area contributed by atoms with Gasteiger partial charge in [-0.15, -0.1) is 0 Å². The molecule has 1 amide bonds. The summed E-state index contributed by atoms with van der Waals surface area (Å²) in [4.78, 5) is 12.3. The topological polar surface area (TPSA) is 41.1 Å². The maximum absolute atomic E-state index is 12.3. The quantitative estimate of drug-likeness (QED) is 0.904. The van der Waals surface area contributed by atoms with Crippen LogP contribution in [0, 0.1) is 0 Å². The molecular weight excluding hydrogens is 260 g/mol. The van der Waals surface area contributed by atoms with Gasteiger partial charge in [0.25, 0.3) is 0 Å². The molecule has 2 aromatic carbocycles. The van der Waals surface area contributed by atoms with Crippen molar-refractivity contribution in [2.24, 2.45) is 0 Å². The van der Waals surface area contributed by atoms with Crippen molar-refractivity contribution in [3.05, 3.63) is 65.2 Å². The molecule has 1 aliphatic heterocycles. The van der Waals surface area contributed by atoms with E-state index in [0.29, 0.717) is 6.54 Å². The molecular formula is C18H20N2O. The van der Waals surface area contributed by atoms with Crippen LogP contribution in [0.3, 0.4) is 0 Å². The summed E-state index contributed by atoms with van der Waals surface area (Å²) in [5, 5.41) is 6.34. The number of benzene rings is 2. The Morgan fingerprint density at radius 1 is 1.14 bits per heavy atom. The molecule has 1 atom stereocenters. The normalized spacial score (nSPS) is 16.1. The molecule has 0 bridgehead atoms. The summed E-state index contributed by atoms with van der Waals surface area (Å²) in [6.07, 6.45) is 1.75. The number of fused-ring (bicyclic) bond motifs is 1. The largest absolute Gasteiger partial charge is 0.373 e. The zero-order valence-electron chi connectivity index (χ0n) is 12.2. The summed E-state index contributed by atoms with van der Waals surface area (Å²) in [6.45, 7) is 2.73. The number of nitrogens with one attached hydrogen (secondary N) is 2. The van der Waals surface area contributed by atoms with E-state index >= 15 is 0 Å². The molecule has 2 N–H and O–H groups in total. The summed E-state index contributed by atoms with van der Waals surface area (Å²) < 4.78 is 0. The van der Waals surface area contributed by atoms with Crippen LogP contribution in [0.1, 0.15) is 23.6 Å². The molecule has 0 fully saturated rings. The van der Waals surface area contributed by atoms with E-state index in [1.165, 1.54) is 16.7 Å². The molecule has 1 aliphatic rings. The number of carbonyl (C=O) groups is 1. The van der Waals surface area contributed by atoms with Gasteiger partial charge in [-0.05, 0) is 29.2 Å². The second kappa shape index (κ2) is 6.00. The highest BCUT2D eigenvalue weighted by Gasteiger charge is 2.25. The van der Waals surface area contributed by atoms with Gasteiger partial charge in [0.15, 0.2) is 0 Å². The zero-order valence-corrected chi connectivity index (χ0v) is 12.2. The van der Waals surface area contributed by atoms with Crippen molar-refractivity contribution in [1.29, 1.82) is 0 Å². The lowest BCUT2D eigenvalue weighted by Crippen LogP contribution is -2.38. The minimum absolute atomic E-state index is 0.0668. The fourth-order valence-electron chi connectivity index (χ4n) is 2.84. The van der Waals surface area contributed by atoms with Crippen LogP contribution < -0.4 is 10.6 Å². The molecule has 108 valence electrons. The second-order valence-corrected chi connectivity index (χ2v) is 5.40. The van der Waals surface area contributed by atoms with Gasteiger partial charge in [0.2, 0.25) is 5.91 Å². The molecule has 0 aliphatic carbocycles. The summed E-state index contributed by atoms with van der Waals surface area (Å²) >= 11 is 0. The number of anilines is 1. The third-order valence-electron chi connectivity index (χ3n) is 4.04. The number of aryl methyl sites for hydroxylation is 1. The van der Waals surface area contributed by atoms with Crippen LogP contribution in [0.4, 0.5) is 5.69 Å². The number of amides is 1. The summed E-state index contributed by atoms with van der Waals surface area (Å²) in [7, 11) is 0. The molecule has 3 rings (SSSR count). The van der Waals surface area contributed by atoms with Crippen LogP contribution in [-0.2, 0) is 24.2 Å². The van der Waals surface area contributed by atoms with Crippen molar-refractivity contribution in [2.75, 3.05) is 5.32 Å². The van der Waals surface area contributed by atoms with E-state index in [0.717, 1.165) is 18.5 Å². The third-order valence-corrected chi connectivity index (χ3v) is 4.04. The van der Waals surface area contributed by atoms with E-state index in [2.05, 4.69) is 35.8 Å². The molecule has 0 saturated carbocycles. The van der Waals surface area contributed by atoms with E-state index in [-0.39, 0.29) is 11.9 Å². The van der Waals surface area contributed by atoms with Crippen LogP contribution in [0.25, 0.3) is 0 Å². The highest BCUT2D eigenvalue weighted by atomic mass is 16.2. The average Bonchev–Trinajstić information content (AvgIpc) is 2.97. The van der Waals surface area contributed by atoms with E-state index in [1.807, 2.05) is 30.3 Å². The van der Waals surface area contributed by atoms with Gasteiger partial charge in [-0.1, -0.05) is 49.4 Å². The average molecular weight is 280 g/mol. The van der Waals surface area contributed by atoms with Crippen molar-refractivity contribution in [3.8, 4) is 0 Å². The number of para-hydroxylation sites is 1. The maximum Gasteiger partial charge on any atom is 0.243 e. The van der Waals surface area contributed by atoms with Gasteiger partial charge >= 0.3 is 0 Å². The first-order chi connectivity index (χ1) is 10.3. The maximum atomic E-state index is 12.3. The third kappa shape index (κ3) is 2.92. The Hall–Kier alpha value is -2.29. The first-order valence-electron chi connectivity index (χ1n) is 7.47. The highest BCUT2D eigenvalue weighted by Crippen LogP contribution is 2.25. The van der Waals surface area contributed by atoms with Crippen molar-refractivity contribution < 1.29 is 4.79 Å². The van der Waals surface area contributed by atoms with Crippen molar-refractivity contribution in [1.82, 2.24) is 5.32 Å². The van der Waals surface area contributed by atoms with E-state index < -0.39 is 0 Å². The molecule has 0 radical (unpaired) electrons. The lowest BCUT2D eigenvalue weighted by atomic mass is 10.1. The fraction of sp³-hybridized carbons (Fsp3) is 0.278. The van der Waals surface area contributed by atoms with Crippen LogP contribution in [0.2, 0.25) is 0 Å². The van der Waals surface area contributed by atoms with Gasteiger partial charge in [0, 0.05) is 18.7 Å². The van der Waals surface area contributed by atoms with E-state index in [4.69, 9.17) is 0 Å². The first kappa shape index (κ1) is 13.7. The monoisotopic (exact) mass is 280 g/mol. The van der Waals surface area contributed by atoms with Crippen LogP contribution in [0.5, 0.6) is 0 Å². The predicted molar refractivity (Wildman–Crippen MR) is 85.2 cm³/mol. The molecule has 1 heterocycles. The molecule has 1 unspecified atom stereocenters. The number of carbonyl (C=O) groups excluding carboxylic acids is 1. The van der Waals surface area contributed by atoms with Gasteiger partial charge in [-0.3, -0.25) is 4.79 Å². The van der Waals surface area contributed by atoms with Crippen molar-refractivity contribution in [3.63, 3.8) is 0 Å². The van der Waals surface area contributed by atoms with Crippen LogP contribution in [-0.4, -0.2) is 11.9 Å². The Morgan fingerprint density at radius 2 is 1.86 bits per heavy atom. The smallest absolute Gasteiger partial charge is 0.243 e. The SMILES string of the molecule is CCc1ccccc1CNC(=O)C1Cc2ccccc2N1. The van der Waals surface area contributed by atoms with Crippen molar-refractivity contribution >= 4 is 11.6 Å². The molecule has 21 heavy (non-hydrogen) atoms. The molecule has 2 aromatic rings. The lowest BCUT2D eigenvalue weighted by molar-refractivity contribution is -0.121. The van der Waals surface area contributed by atoms with Gasteiger partial charge in [-0.25, -0.2) is 0 Å². The van der Waals surface area contributed by atoms with Gasteiger partial charge in [-0.2, -0.15) is 0 Å². The molecule has 0 aromatic heterocycles. The Labute approximate surface area is 125 Å². The standard InChI is InChI=1S/C18H20N2O/c1-2-13-7-3-4-9-15(13)12-19-18(21)17-11-14-8-5-6-10-16(14)20-17/h3-10,17,20H,2,11-12H2,1H3,(H,19,21). The Bertz CT molecular complexity index is 626. The van der Waals surface area contributed by atoms with E-state index in [9.17, 15) is 4.79 Å². The van der Waals surface area contributed by atoms with Gasteiger partial charge in [0.1, 0.15) is 6.04 Å². The fourth-order valence-corrected chi connectivity index (χ4v) is 2.84. The summed E-state index contributed by atoms with van der Waals surface area (Å²) in [6, 6.07) is 16.2. The molecule has 0 saturated heterocycles. The highest BCUT2D eigenvalue weighted by molar-refractivity contribution is 5.87. The van der Waals surface area contributed by atoms with Gasteiger partial charge < -0.3 is 10.6 Å². The van der Waals surface area contributed by atoms with Crippen LogP contribution >= 0.6 is 0 Å². The molecule has 3 nitrogen and oxygen atoms in total.